The first-order valence-electron chi connectivity index (χ1n) is 5.83. The van der Waals surface area contributed by atoms with Gasteiger partial charge in [0.1, 0.15) is 0 Å². The van der Waals surface area contributed by atoms with Crippen LogP contribution in [0.25, 0.3) is 0 Å². The predicted octanol–water partition coefficient (Wildman–Crippen LogP) is 3.45. The van der Waals surface area contributed by atoms with Gasteiger partial charge >= 0.3 is 0 Å². The minimum Gasteiger partial charge on any atom is -0.397 e. The molecule has 0 bridgehead atoms. The maximum absolute atomic E-state index is 6.12. The van der Waals surface area contributed by atoms with Crippen molar-refractivity contribution in [3.63, 3.8) is 0 Å². The number of hydrogen-bond acceptors (Lipinski definition) is 2. The molecule has 1 unspecified atom stereocenters. The summed E-state index contributed by atoms with van der Waals surface area (Å²) in [6.07, 6.45) is 0. The molecule has 0 heterocycles. The Kier molecular flexibility index (Phi) is 3.51. The van der Waals surface area contributed by atoms with Gasteiger partial charge in [-0.3, -0.25) is 0 Å². The van der Waals surface area contributed by atoms with E-state index in [0.717, 1.165) is 16.9 Å². The van der Waals surface area contributed by atoms with E-state index in [-0.39, 0.29) is 5.41 Å². The summed E-state index contributed by atoms with van der Waals surface area (Å²) in [5, 5.41) is 0. The second kappa shape index (κ2) is 4.36. The summed E-state index contributed by atoms with van der Waals surface area (Å²) in [5.74, 6) is 0. The molecular weight excluding hydrogens is 196 g/mol. The van der Waals surface area contributed by atoms with Gasteiger partial charge in [0.25, 0.3) is 0 Å². The lowest BCUT2D eigenvalue weighted by atomic mass is 9.87. The molecule has 0 aliphatic carbocycles. The van der Waals surface area contributed by atoms with Crippen molar-refractivity contribution >= 4 is 11.4 Å². The van der Waals surface area contributed by atoms with E-state index in [1.54, 1.807) is 0 Å². The summed E-state index contributed by atoms with van der Waals surface area (Å²) < 4.78 is 0. The van der Waals surface area contributed by atoms with Crippen LogP contribution in [0.4, 0.5) is 11.4 Å². The molecule has 0 spiro atoms. The Bertz CT molecular complexity index is 363. The van der Waals surface area contributed by atoms with Crippen molar-refractivity contribution < 1.29 is 0 Å². The summed E-state index contributed by atoms with van der Waals surface area (Å²) in [7, 11) is 2.11. The predicted molar refractivity (Wildman–Crippen MR) is 72.9 cm³/mol. The van der Waals surface area contributed by atoms with Gasteiger partial charge in [-0.2, -0.15) is 0 Å². The van der Waals surface area contributed by atoms with E-state index in [1.165, 1.54) is 0 Å². The van der Waals surface area contributed by atoms with Crippen LogP contribution in [0, 0.1) is 12.3 Å². The van der Waals surface area contributed by atoms with E-state index in [9.17, 15) is 0 Å². The molecule has 0 aromatic heterocycles. The van der Waals surface area contributed by atoms with E-state index in [1.807, 2.05) is 0 Å². The molecule has 1 atom stereocenters. The number of nitrogens with two attached hydrogens (primary N) is 1. The Labute approximate surface area is 99.5 Å². The van der Waals surface area contributed by atoms with Crippen LogP contribution >= 0.6 is 0 Å². The van der Waals surface area contributed by atoms with E-state index in [0.29, 0.717) is 6.04 Å². The van der Waals surface area contributed by atoms with Gasteiger partial charge < -0.3 is 10.6 Å². The summed E-state index contributed by atoms with van der Waals surface area (Å²) in [4.78, 5) is 2.27. The number of aryl methyl sites for hydroxylation is 1. The normalized spacial score (nSPS) is 13.6. The van der Waals surface area contributed by atoms with Gasteiger partial charge in [0.05, 0.1) is 11.4 Å². The van der Waals surface area contributed by atoms with E-state index < -0.39 is 0 Å². The average Bonchev–Trinajstić information content (AvgIpc) is 2.18. The van der Waals surface area contributed by atoms with Crippen molar-refractivity contribution in [3.8, 4) is 0 Å². The molecule has 2 heteroatoms. The molecule has 0 aliphatic rings. The van der Waals surface area contributed by atoms with E-state index in [2.05, 4.69) is 64.8 Å². The van der Waals surface area contributed by atoms with Crippen LogP contribution in [0.15, 0.2) is 18.2 Å². The van der Waals surface area contributed by atoms with Crippen LogP contribution in [0.5, 0.6) is 0 Å². The maximum atomic E-state index is 6.12. The Morgan fingerprint density at radius 3 is 2.31 bits per heavy atom. The van der Waals surface area contributed by atoms with Crippen molar-refractivity contribution in [2.45, 2.75) is 40.7 Å². The maximum Gasteiger partial charge on any atom is 0.0602 e. The smallest absolute Gasteiger partial charge is 0.0602 e. The Morgan fingerprint density at radius 2 is 1.81 bits per heavy atom. The largest absolute Gasteiger partial charge is 0.397 e. The van der Waals surface area contributed by atoms with Crippen molar-refractivity contribution in [2.75, 3.05) is 17.7 Å². The van der Waals surface area contributed by atoms with Gasteiger partial charge in [0.2, 0.25) is 0 Å². The van der Waals surface area contributed by atoms with Crippen molar-refractivity contribution in [1.29, 1.82) is 0 Å². The lowest BCUT2D eigenvalue weighted by Crippen LogP contribution is -2.39. The molecule has 1 aromatic carbocycles. The monoisotopic (exact) mass is 220 g/mol. The SMILES string of the molecule is Cc1cccc(N(C)C(C)C(C)(C)C)c1N. The van der Waals surface area contributed by atoms with Gasteiger partial charge in [-0.25, -0.2) is 0 Å². The van der Waals surface area contributed by atoms with Gasteiger partial charge in [0, 0.05) is 13.1 Å². The highest BCUT2D eigenvalue weighted by Gasteiger charge is 2.25. The molecule has 1 rings (SSSR count). The van der Waals surface area contributed by atoms with Crippen molar-refractivity contribution in [2.24, 2.45) is 5.41 Å². The lowest BCUT2D eigenvalue weighted by Gasteiger charge is -2.37. The fraction of sp³-hybridized carbons (Fsp3) is 0.571. The molecule has 0 radical (unpaired) electrons. The number of benzene rings is 1. The minimum atomic E-state index is 0.241. The number of anilines is 2. The summed E-state index contributed by atoms with van der Waals surface area (Å²) >= 11 is 0. The Balaban J connectivity index is 3.06. The fourth-order valence-electron chi connectivity index (χ4n) is 1.76. The number of nitrogens with zero attached hydrogens (tertiary/aromatic N) is 1. The third-order valence-electron chi connectivity index (χ3n) is 3.52. The standard InChI is InChI=1S/C14H24N2/c1-10-8-7-9-12(13(10)15)16(6)11(2)14(3,4)5/h7-9,11H,15H2,1-6H3. The summed E-state index contributed by atoms with van der Waals surface area (Å²) in [6, 6.07) is 6.64. The Hall–Kier alpha value is -1.18. The highest BCUT2D eigenvalue weighted by Crippen LogP contribution is 2.31. The second-order valence-corrected chi connectivity index (χ2v) is 5.66. The number of para-hydroxylation sites is 1. The first kappa shape index (κ1) is 12.9. The molecule has 0 fully saturated rings. The van der Waals surface area contributed by atoms with Crippen LogP contribution < -0.4 is 10.6 Å². The average molecular weight is 220 g/mol. The molecule has 90 valence electrons. The molecule has 0 aliphatic heterocycles. The van der Waals surface area contributed by atoms with Crippen LogP contribution in [0.1, 0.15) is 33.3 Å². The molecule has 0 saturated heterocycles. The van der Waals surface area contributed by atoms with Crippen molar-refractivity contribution in [3.05, 3.63) is 23.8 Å². The molecule has 0 saturated carbocycles. The third-order valence-corrected chi connectivity index (χ3v) is 3.52. The zero-order valence-corrected chi connectivity index (χ0v) is 11.3. The van der Waals surface area contributed by atoms with E-state index in [4.69, 9.17) is 5.73 Å². The number of rotatable bonds is 2. The van der Waals surface area contributed by atoms with Gasteiger partial charge in [-0.1, -0.05) is 32.9 Å². The zero-order chi connectivity index (χ0) is 12.5. The Morgan fingerprint density at radius 1 is 1.25 bits per heavy atom. The third kappa shape index (κ3) is 2.49. The van der Waals surface area contributed by atoms with Gasteiger partial charge in [-0.05, 0) is 30.9 Å². The molecule has 0 amide bonds. The van der Waals surface area contributed by atoms with Crippen LogP contribution in [-0.4, -0.2) is 13.1 Å². The number of nitrogen functional groups attached to an aromatic ring is 1. The second-order valence-electron chi connectivity index (χ2n) is 5.66. The van der Waals surface area contributed by atoms with Crippen LogP contribution in [0.2, 0.25) is 0 Å². The molecule has 2 N–H and O–H groups in total. The van der Waals surface area contributed by atoms with Gasteiger partial charge in [0.15, 0.2) is 0 Å². The summed E-state index contributed by atoms with van der Waals surface area (Å²) in [5.41, 5.74) is 9.53. The highest BCUT2D eigenvalue weighted by atomic mass is 15.1. The van der Waals surface area contributed by atoms with E-state index >= 15 is 0 Å². The minimum absolute atomic E-state index is 0.241. The molecule has 1 aromatic rings. The quantitative estimate of drug-likeness (QED) is 0.773. The van der Waals surface area contributed by atoms with Crippen molar-refractivity contribution in [1.82, 2.24) is 0 Å². The summed E-state index contributed by atoms with van der Waals surface area (Å²) in [6.45, 7) is 11.0. The molecular formula is C14H24N2. The molecule has 2 nitrogen and oxygen atoms in total. The van der Waals surface area contributed by atoms with Crippen LogP contribution in [-0.2, 0) is 0 Å². The topological polar surface area (TPSA) is 29.3 Å². The first-order valence-corrected chi connectivity index (χ1v) is 5.83. The van der Waals surface area contributed by atoms with Gasteiger partial charge in [-0.15, -0.1) is 0 Å². The zero-order valence-electron chi connectivity index (χ0n) is 11.3. The first-order chi connectivity index (χ1) is 7.25. The molecule has 16 heavy (non-hydrogen) atoms. The highest BCUT2D eigenvalue weighted by molar-refractivity contribution is 5.71. The number of hydrogen-bond donors (Lipinski definition) is 1. The lowest BCUT2D eigenvalue weighted by molar-refractivity contribution is 0.330. The fourth-order valence-corrected chi connectivity index (χ4v) is 1.76. The van der Waals surface area contributed by atoms with Crippen LogP contribution in [0.3, 0.4) is 0 Å².